The van der Waals surface area contributed by atoms with E-state index in [4.69, 9.17) is 9.15 Å². The largest absolute Gasteiger partial charge is 0.472 e. The summed E-state index contributed by atoms with van der Waals surface area (Å²) in [6.45, 7) is 1.37. The molecule has 0 radical (unpaired) electrons. The van der Waals surface area contributed by atoms with Crippen molar-refractivity contribution in [3.8, 4) is 0 Å². The Morgan fingerprint density at radius 3 is 2.67 bits per heavy atom. The Morgan fingerprint density at radius 1 is 1.25 bits per heavy atom. The first-order chi connectivity index (χ1) is 11.7. The quantitative estimate of drug-likeness (QED) is 0.389. The molecule has 0 aliphatic rings. The van der Waals surface area contributed by atoms with Crippen LogP contribution in [-0.2, 0) is 20.7 Å². The minimum atomic E-state index is -0.426. The zero-order chi connectivity index (χ0) is 17.2. The summed E-state index contributed by atoms with van der Waals surface area (Å²) in [7, 11) is 0. The van der Waals surface area contributed by atoms with Crippen molar-refractivity contribution in [1.29, 1.82) is 0 Å². The molecule has 1 heterocycles. The first-order valence-electron chi connectivity index (χ1n) is 8.06. The first-order valence-corrected chi connectivity index (χ1v) is 8.06. The molecule has 126 valence electrons. The second-order valence-corrected chi connectivity index (χ2v) is 5.63. The van der Waals surface area contributed by atoms with Gasteiger partial charge in [0, 0.05) is 18.9 Å². The number of aldehydes is 1. The van der Waals surface area contributed by atoms with Crippen LogP contribution in [0.1, 0.15) is 43.4 Å². The fourth-order valence-electron chi connectivity index (χ4n) is 2.52. The van der Waals surface area contributed by atoms with Crippen molar-refractivity contribution in [3.05, 3.63) is 71.7 Å². The topological polar surface area (TPSA) is 56.5 Å². The molecule has 0 N–H and O–H groups in total. The standard InChI is InChI=1S/C20H22O4/c1-16(22)24-20(19-12-13-23-15-19)11-10-18(14-21)9-5-8-17-6-3-2-4-7-17/h2-4,6-7,10,12-15,20H,5,8-9,11H2,1H3/b18-10+. The molecule has 4 nitrogen and oxygen atoms in total. The predicted octanol–water partition coefficient (Wildman–Crippen LogP) is 4.42. The molecule has 2 aromatic rings. The molecule has 2 rings (SSSR count). The predicted molar refractivity (Wildman–Crippen MR) is 91.4 cm³/mol. The fraction of sp³-hybridized carbons (Fsp3) is 0.300. The molecule has 4 heteroatoms. The number of carbonyl (C=O) groups excluding carboxylic acids is 2. The number of hydrogen-bond acceptors (Lipinski definition) is 4. The molecule has 0 saturated carbocycles. The lowest BCUT2D eigenvalue weighted by atomic mass is 10.0. The summed E-state index contributed by atoms with van der Waals surface area (Å²) in [5, 5.41) is 0. The van der Waals surface area contributed by atoms with Crippen LogP contribution in [0, 0.1) is 0 Å². The second kappa shape index (κ2) is 9.50. The van der Waals surface area contributed by atoms with Gasteiger partial charge in [-0.3, -0.25) is 9.59 Å². The van der Waals surface area contributed by atoms with Crippen LogP contribution < -0.4 is 0 Å². The highest BCUT2D eigenvalue weighted by Crippen LogP contribution is 2.23. The monoisotopic (exact) mass is 326 g/mol. The van der Waals surface area contributed by atoms with Crippen molar-refractivity contribution in [2.24, 2.45) is 0 Å². The zero-order valence-corrected chi connectivity index (χ0v) is 13.8. The van der Waals surface area contributed by atoms with Crippen molar-refractivity contribution >= 4 is 12.3 Å². The van der Waals surface area contributed by atoms with Gasteiger partial charge in [0.25, 0.3) is 0 Å². The van der Waals surface area contributed by atoms with Gasteiger partial charge in [-0.15, -0.1) is 0 Å². The molecule has 1 unspecified atom stereocenters. The van der Waals surface area contributed by atoms with Crippen LogP contribution >= 0.6 is 0 Å². The number of carbonyl (C=O) groups is 2. The third kappa shape index (κ3) is 5.88. The molecular weight excluding hydrogens is 304 g/mol. The fourth-order valence-corrected chi connectivity index (χ4v) is 2.52. The van der Waals surface area contributed by atoms with Crippen molar-refractivity contribution in [2.45, 2.75) is 38.7 Å². The lowest BCUT2D eigenvalue weighted by Gasteiger charge is -2.13. The van der Waals surface area contributed by atoms with Crippen LogP contribution in [0.25, 0.3) is 0 Å². The Kier molecular flexibility index (Phi) is 7.02. The van der Waals surface area contributed by atoms with Gasteiger partial charge in [-0.05, 0) is 36.5 Å². The summed E-state index contributed by atoms with van der Waals surface area (Å²) in [5.41, 5.74) is 2.78. The molecular formula is C20H22O4. The van der Waals surface area contributed by atoms with E-state index >= 15 is 0 Å². The number of hydrogen-bond donors (Lipinski definition) is 0. The van der Waals surface area contributed by atoms with E-state index in [1.165, 1.54) is 18.8 Å². The van der Waals surface area contributed by atoms with Gasteiger partial charge >= 0.3 is 5.97 Å². The van der Waals surface area contributed by atoms with Crippen LogP contribution in [0.5, 0.6) is 0 Å². The molecule has 1 atom stereocenters. The average molecular weight is 326 g/mol. The van der Waals surface area contributed by atoms with Gasteiger partial charge in [0.2, 0.25) is 0 Å². The number of benzene rings is 1. The normalized spacial score (nSPS) is 12.6. The first kappa shape index (κ1) is 17.7. The molecule has 1 aromatic carbocycles. The number of esters is 1. The van der Waals surface area contributed by atoms with Gasteiger partial charge in [-0.25, -0.2) is 0 Å². The third-order valence-corrected chi connectivity index (χ3v) is 3.74. The highest BCUT2D eigenvalue weighted by Gasteiger charge is 2.15. The number of aryl methyl sites for hydroxylation is 1. The molecule has 0 amide bonds. The molecule has 0 bridgehead atoms. The van der Waals surface area contributed by atoms with Crippen molar-refractivity contribution in [3.63, 3.8) is 0 Å². The highest BCUT2D eigenvalue weighted by atomic mass is 16.5. The van der Waals surface area contributed by atoms with Gasteiger partial charge in [-0.1, -0.05) is 36.4 Å². The highest BCUT2D eigenvalue weighted by molar-refractivity contribution is 5.73. The minimum absolute atomic E-state index is 0.355. The van der Waals surface area contributed by atoms with Crippen LogP contribution in [0.4, 0.5) is 0 Å². The van der Waals surface area contributed by atoms with Gasteiger partial charge in [0.05, 0.1) is 12.5 Å². The van der Waals surface area contributed by atoms with E-state index in [0.717, 1.165) is 30.3 Å². The van der Waals surface area contributed by atoms with Crippen LogP contribution in [0.3, 0.4) is 0 Å². The van der Waals surface area contributed by atoms with E-state index < -0.39 is 6.10 Å². The van der Waals surface area contributed by atoms with Crippen LogP contribution in [-0.4, -0.2) is 12.3 Å². The van der Waals surface area contributed by atoms with Crippen LogP contribution in [0.2, 0.25) is 0 Å². The van der Waals surface area contributed by atoms with Gasteiger partial charge in [0.1, 0.15) is 12.4 Å². The van der Waals surface area contributed by atoms with Gasteiger partial charge in [-0.2, -0.15) is 0 Å². The van der Waals surface area contributed by atoms with Gasteiger partial charge in [0.15, 0.2) is 0 Å². The van der Waals surface area contributed by atoms with Crippen molar-refractivity contribution in [2.75, 3.05) is 0 Å². The van der Waals surface area contributed by atoms with Gasteiger partial charge < -0.3 is 9.15 Å². The Balaban J connectivity index is 1.90. The SMILES string of the molecule is CC(=O)OC(C/C=C(/C=O)CCCc1ccccc1)c1ccoc1. The van der Waals surface area contributed by atoms with Crippen LogP contribution in [0.15, 0.2) is 65.0 Å². The number of furan rings is 1. The maximum Gasteiger partial charge on any atom is 0.303 e. The van der Waals surface area contributed by atoms with E-state index in [2.05, 4.69) is 12.1 Å². The van der Waals surface area contributed by atoms with E-state index in [9.17, 15) is 9.59 Å². The molecule has 0 spiro atoms. The maximum atomic E-state index is 11.3. The molecule has 1 aromatic heterocycles. The summed E-state index contributed by atoms with van der Waals surface area (Å²) in [5.74, 6) is -0.355. The lowest BCUT2D eigenvalue weighted by Crippen LogP contribution is -2.07. The number of ether oxygens (including phenoxy) is 1. The Hall–Kier alpha value is -2.62. The molecule has 0 saturated heterocycles. The third-order valence-electron chi connectivity index (χ3n) is 3.74. The van der Waals surface area contributed by atoms with E-state index in [1.54, 1.807) is 12.3 Å². The molecule has 0 aliphatic carbocycles. The molecule has 24 heavy (non-hydrogen) atoms. The summed E-state index contributed by atoms with van der Waals surface area (Å²) in [6, 6.07) is 11.9. The number of allylic oxidation sites excluding steroid dienone is 1. The van der Waals surface area contributed by atoms with Crippen molar-refractivity contribution < 1.29 is 18.7 Å². The minimum Gasteiger partial charge on any atom is -0.472 e. The maximum absolute atomic E-state index is 11.3. The Bertz CT molecular complexity index is 656. The van der Waals surface area contributed by atoms with E-state index in [0.29, 0.717) is 12.8 Å². The summed E-state index contributed by atoms with van der Waals surface area (Å²) < 4.78 is 10.3. The Labute approximate surface area is 142 Å². The zero-order valence-electron chi connectivity index (χ0n) is 13.8. The smallest absolute Gasteiger partial charge is 0.303 e. The second-order valence-electron chi connectivity index (χ2n) is 5.63. The summed E-state index contributed by atoms with van der Waals surface area (Å²) in [4.78, 5) is 22.5. The number of rotatable bonds is 9. The Morgan fingerprint density at radius 2 is 2.04 bits per heavy atom. The average Bonchev–Trinajstić information content (AvgIpc) is 3.11. The van der Waals surface area contributed by atoms with E-state index in [-0.39, 0.29) is 5.97 Å². The lowest BCUT2D eigenvalue weighted by molar-refractivity contribution is -0.146. The van der Waals surface area contributed by atoms with Crippen molar-refractivity contribution in [1.82, 2.24) is 0 Å². The summed E-state index contributed by atoms with van der Waals surface area (Å²) in [6.07, 6.45) is 8.39. The summed E-state index contributed by atoms with van der Waals surface area (Å²) >= 11 is 0. The molecule has 0 fully saturated rings. The molecule has 0 aliphatic heterocycles. The van der Waals surface area contributed by atoms with E-state index in [1.807, 2.05) is 24.3 Å².